The highest BCUT2D eigenvalue weighted by Crippen LogP contribution is 2.24. The lowest BCUT2D eigenvalue weighted by Gasteiger charge is -2.06. The molecule has 0 spiro atoms. The Morgan fingerprint density at radius 2 is 2.20 bits per heavy atom. The van der Waals surface area contributed by atoms with Gasteiger partial charge < -0.3 is 9.47 Å². The molecule has 0 N–H and O–H groups in total. The van der Waals surface area contributed by atoms with E-state index in [-0.39, 0.29) is 29.8 Å². The molecule has 0 aliphatic heterocycles. The van der Waals surface area contributed by atoms with Crippen molar-refractivity contribution in [1.82, 2.24) is 0 Å². The minimum Gasteiger partial charge on any atom is -0.484 e. The van der Waals surface area contributed by atoms with Gasteiger partial charge in [0.05, 0.1) is 5.02 Å². The van der Waals surface area contributed by atoms with Crippen LogP contribution in [0, 0.1) is 5.82 Å². The van der Waals surface area contributed by atoms with Gasteiger partial charge in [0, 0.05) is 7.11 Å². The summed E-state index contributed by atoms with van der Waals surface area (Å²) in [6.07, 6.45) is 0. The van der Waals surface area contributed by atoms with Gasteiger partial charge in [-0.25, -0.2) is 4.39 Å². The summed E-state index contributed by atoms with van der Waals surface area (Å²) in [5.74, 6) is -0.379. The second-order valence-electron chi connectivity index (χ2n) is 2.84. The summed E-state index contributed by atoms with van der Waals surface area (Å²) < 4.78 is 22.3. The minimum absolute atomic E-state index is 0.0151. The van der Waals surface area contributed by atoms with Crippen molar-refractivity contribution in [3.63, 3.8) is 0 Å². The molecule has 0 unspecified atom stereocenters. The van der Waals surface area contributed by atoms with Gasteiger partial charge in [0.25, 0.3) is 0 Å². The monoisotopic (exact) mass is 232 g/mol. The molecule has 82 valence electrons. The average molecular weight is 233 g/mol. The molecule has 0 bridgehead atoms. The largest absolute Gasteiger partial charge is 0.484 e. The van der Waals surface area contributed by atoms with Crippen LogP contribution in [0.25, 0.3) is 0 Å². The van der Waals surface area contributed by atoms with Gasteiger partial charge in [0.1, 0.15) is 24.8 Å². The number of Topliss-reactive ketones (excluding diaryl/α,β-unsaturated/α-hetero) is 1. The summed E-state index contributed by atoms with van der Waals surface area (Å²) in [7, 11) is 1.42. The number of carbonyl (C=O) groups is 1. The quantitative estimate of drug-likeness (QED) is 0.780. The molecule has 0 aromatic heterocycles. The normalized spacial score (nSPS) is 10.1. The van der Waals surface area contributed by atoms with E-state index in [1.807, 2.05) is 0 Å². The highest BCUT2D eigenvalue weighted by atomic mass is 35.5. The molecule has 15 heavy (non-hydrogen) atoms. The topological polar surface area (TPSA) is 35.5 Å². The summed E-state index contributed by atoms with van der Waals surface area (Å²) >= 11 is 5.68. The molecule has 0 atom stereocenters. The summed E-state index contributed by atoms with van der Waals surface area (Å²) in [6.45, 7) is -0.155. The number of ether oxygens (including phenoxy) is 2. The van der Waals surface area contributed by atoms with E-state index in [1.165, 1.54) is 19.2 Å². The Bertz CT molecular complexity index is 355. The number of ketones is 1. The van der Waals surface area contributed by atoms with Gasteiger partial charge in [0.15, 0.2) is 5.78 Å². The highest BCUT2D eigenvalue weighted by molar-refractivity contribution is 6.32. The first kappa shape index (κ1) is 11.9. The molecule has 1 aromatic rings. The third kappa shape index (κ3) is 3.85. The van der Waals surface area contributed by atoms with Crippen LogP contribution in [0.3, 0.4) is 0 Å². The lowest BCUT2D eigenvalue weighted by molar-refractivity contribution is -0.124. The Hall–Kier alpha value is -1.13. The van der Waals surface area contributed by atoms with Crippen molar-refractivity contribution in [2.75, 3.05) is 20.3 Å². The maximum atomic E-state index is 12.6. The van der Waals surface area contributed by atoms with Crippen molar-refractivity contribution in [1.29, 1.82) is 0 Å². The van der Waals surface area contributed by atoms with E-state index in [0.717, 1.165) is 6.07 Å². The van der Waals surface area contributed by atoms with Crippen LogP contribution >= 0.6 is 11.6 Å². The van der Waals surface area contributed by atoms with Crippen molar-refractivity contribution >= 4 is 17.4 Å². The number of hydrogen-bond acceptors (Lipinski definition) is 3. The predicted octanol–water partition coefficient (Wildman–Crippen LogP) is 2.07. The molecule has 0 fully saturated rings. The lowest BCUT2D eigenvalue weighted by atomic mass is 10.3. The molecule has 0 radical (unpaired) electrons. The van der Waals surface area contributed by atoms with Crippen LogP contribution in [-0.2, 0) is 9.53 Å². The number of hydrogen-bond donors (Lipinski definition) is 0. The first-order chi connectivity index (χ1) is 7.13. The molecule has 0 heterocycles. The zero-order valence-electron chi connectivity index (χ0n) is 8.13. The van der Waals surface area contributed by atoms with Gasteiger partial charge in [0.2, 0.25) is 0 Å². The molecule has 0 saturated carbocycles. The van der Waals surface area contributed by atoms with Crippen molar-refractivity contribution in [3.05, 3.63) is 29.0 Å². The van der Waals surface area contributed by atoms with Crippen LogP contribution in [-0.4, -0.2) is 26.1 Å². The van der Waals surface area contributed by atoms with Crippen molar-refractivity contribution in [2.45, 2.75) is 0 Å². The minimum atomic E-state index is -0.449. The molecule has 1 aromatic carbocycles. The molecule has 0 amide bonds. The van der Waals surface area contributed by atoms with E-state index in [0.29, 0.717) is 0 Å². The fraction of sp³-hybridized carbons (Fsp3) is 0.300. The van der Waals surface area contributed by atoms with E-state index in [9.17, 15) is 9.18 Å². The Morgan fingerprint density at radius 3 is 2.80 bits per heavy atom. The SMILES string of the molecule is COCC(=O)COc1ccc(F)cc1Cl. The summed E-state index contributed by atoms with van der Waals surface area (Å²) in [6, 6.07) is 3.71. The van der Waals surface area contributed by atoms with Gasteiger partial charge in [-0.05, 0) is 18.2 Å². The number of halogens is 2. The van der Waals surface area contributed by atoms with Crippen molar-refractivity contribution < 1.29 is 18.7 Å². The Morgan fingerprint density at radius 1 is 1.47 bits per heavy atom. The van der Waals surface area contributed by atoms with Gasteiger partial charge in [-0.2, -0.15) is 0 Å². The molecule has 5 heteroatoms. The maximum Gasteiger partial charge on any atom is 0.195 e. The van der Waals surface area contributed by atoms with E-state index in [4.69, 9.17) is 16.3 Å². The number of carbonyl (C=O) groups excluding carboxylic acids is 1. The van der Waals surface area contributed by atoms with E-state index >= 15 is 0 Å². The molecular formula is C10H10ClFO3. The van der Waals surface area contributed by atoms with Gasteiger partial charge in [-0.3, -0.25) is 4.79 Å². The molecule has 0 aliphatic carbocycles. The van der Waals surface area contributed by atoms with Crippen molar-refractivity contribution in [2.24, 2.45) is 0 Å². The Labute approximate surface area is 91.7 Å². The molecular weight excluding hydrogens is 223 g/mol. The summed E-state index contributed by atoms with van der Waals surface area (Å²) in [5, 5.41) is 0.139. The number of benzene rings is 1. The number of rotatable bonds is 5. The third-order valence-corrected chi connectivity index (χ3v) is 1.88. The zero-order valence-corrected chi connectivity index (χ0v) is 8.88. The number of methoxy groups -OCH3 is 1. The van der Waals surface area contributed by atoms with Crippen LogP contribution in [0.2, 0.25) is 5.02 Å². The first-order valence-corrected chi connectivity index (χ1v) is 4.59. The first-order valence-electron chi connectivity index (χ1n) is 4.22. The standard InChI is InChI=1S/C10H10ClFO3/c1-14-5-8(13)6-15-10-3-2-7(12)4-9(10)11/h2-4H,5-6H2,1H3. The second kappa shape index (κ2) is 5.68. The molecule has 3 nitrogen and oxygen atoms in total. The average Bonchev–Trinajstić information content (AvgIpc) is 2.17. The van der Waals surface area contributed by atoms with Crippen molar-refractivity contribution in [3.8, 4) is 5.75 Å². The lowest BCUT2D eigenvalue weighted by Crippen LogP contribution is -2.16. The molecule has 0 saturated heterocycles. The fourth-order valence-corrected chi connectivity index (χ4v) is 1.17. The Balaban J connectivity index is 2.54. The fourth-order valence-electron chi connectivity index (χ4n) is 0.953. The van der Waals surface area contributed by atoms with E-state index < -0.39 is 5.82 Å². The van der Waals surface area contributed by atoms with Crippen LogP contribution in [0.5, 0.6) is 5.75 Å². The molecule has 1 rings (SSSR count). The smallest absolute Gasteiger partial charge is 0.195 e. The third-order valence-electron chi connectivity index (χ3n) is 1.59. The second-order valence-corrected chi connectivity index (χ2v) is 3.24. The predicted molar refractivity (Wildman–Crippen MR) is 53.8 cm³/mol. The van der Waals surface area contributed by atoms with Crippen LogP contribution < -0.4 is 4.74 Å². The van der Waals surface area contributed by atoms with E-state index in [2.05, 4.69) is 4.74 Å². The van der Waals surface area contributed by atoms with E-state index in [1.54, 1.807) is 0 Å². The summed E-state index contributed by atoms with van der Waals surface area (Å²) in [5.41, 5.74) is 0. The van der Waals surface area contributed by atoms with Gasteiger partial charge in [-0.1, -0.05) is 11.6 Å². The molecule has 0 aliphatic rings. The highest BCUT2D eigenvalue weighted by Gasteiger charge is 2.06. The maximum absolute atomic E-state index is 12.6. The Kier molecular flexibility index (Phi) is 4.52. The van der Waals surface area contributed by atoms with Gasteiger partial charge >= 0.3 is 0 Å². The summed E-state index contributed by atoms with van der Waals surface area (Å²) in [4.78, 5) is 11.0. The van der Waals surface area contributed by atoms with Crippen LogP contribution in [0.15, 0.2) is 18.2 Å². The zero-order chi connectivity index (χ0) is 11.3. The van der Waals surface area contributed by atoms with Crippen LogP contribution in [0.4, 0.5) is 4.39 Å². The van der Waals surface area contributed by atoms with Crippen LogP contribution in [0.1, 0.15) is 0 Å². The van der Waals surface area contributed by atoms with Gasteiger partial charge in [-0.15, -0.1) is 0 Å².